The Morgan fingerprint density at radius 3 is 2.43 bits per heavy atom. The normalized spacial score (nSPS) is 13.1. The molecule has 5 nitrogen and oxygen atoms in total. The van der Waals surface area contributed by atoms with E-state index in [9.17, 15) is 13.6 Å². The lowest BCUT2D eigenvalue weighted by atomic mass is 10.1. The molecule has 7 heteroatoms. The lowest BCUT2D eigenvalue weighted by Gasteiger charge is -2.20. The van der Waals surface area contributed by atoms with E-state index in [4.69, 9.17) is 4.74 Å². The van der Waals surface area contributed by atoms with Gasteiger partial charge in [0, 0.05) is 6.04 Å². The zero-order chi connectivity index (χ0) is 20.5. The standard InChI is InChI=1S/C21H26F2N2O3/c1-14-5-4-6-19(13-14)27-12-11-24-20(26)16(3)25-15(2)17-7-9-18(10-8-17)28-21(22)23/h4-10,13,15-16,21,25H,11-12H2,1-3H3,(H,24,26). The van der Waals surface area contributed by atoms with Gasteiger partial charge in [-0.05, 0) is 56.2 Å². The molecule has 0 radical (unpaired) electrons. The number of carbonyl (C=O) groups excluding carboxylic acids is 1. The molecule has 2 rings (SSSR count). The first kappa shape index (κ1) is 21.6. The first-order valence-corrected chi connectivity index (χ1v) is 9.13. The minimum absolute atomic E-state index is 0.102. The molecule has 2 unspecified atom stereocenters. The predicted octanol–water partition coefficient (Wildman–Crippen LogP) is 3.83. The number of benzene rings is 2. The fourth-order valence-corrected chi connectivity index (χ4v) is 2.69. The summed E-state index contributed by atoms with van der Waals surface area (Å²) in [5.41, 5.74) is 1.98. The maximum Gasteiger partial charge on any atom is 0.387 e. The highest BCUT2D eigenvalue weighted by molar-refractivity contribution is 5.81. The van der Waals surface area contributed by atoms with Crippen molar-refractivity contribution in [1.29, 1.82) is 0 Å². The van der Waals surface area contributed by atoms with E-state index in [-0.39, 0.29) is 17.7 Å². The Balaban J connectivity index is 1.73. The Bertz CT molecular complexity index is 754. The summed E-state index contributed by atoms with van der Waals surface area (Å²) in [6.07, 6.45) is 0. The summed E-state index contributed by atoms with van der Waals surface area (Å²) in [7, 11) is 0. The van der Waals surface area contributed by atoms with Crippen LogP contribution in [0.25, 0.3) is 0 Å². The third-order valence-electron chi connectivity index (χ3n) is 4.16. The number of ether oxygens (including phenoxy) is 2. The molecule has 0 fully saturated rings. The molecule has 0 saturated carbocycles. The van der Waals surface area contributed by atoms with Crippen molar-refractivity contribution in [3.05, 3.63) is 59.7 Å². The number of hydrogen-bond donors (Lipinski definition) is 2. The fourth-order valence-electron chi connectivity index (χ4n) is 2.69. The van der Waals surface area contributed by atoms with Crippen LogP contribution in [-0.4, -0.2) is 31.7 Å². The maximum absolute atomic E-state index is 12.2. The highest BCUT2D eigenvalue weighted by Gasteiger charge is 2.16. The minimum Gasteiger partial charge on any atom is -0.492 e. The second-order valence-electron chi connectivity index (χ2n) is 6.51. The second-order valence-corrected chi connectivity index (χ2v) is 6.51. The Kier molecular flexibility index (Phi) is 8.19. The van der Waals surface area contributed by atoms with E-state index >= 15 is 0 Å². The van der Waals surface area contributed by atoms with Gasteiger partial charge >= 0.3 is 6.61 Å². The Hall–Kier alpha value is -2.67. The molecular weight excluding hydrogens is 366 g/mol. The molecular formula is C21H26F2N2O3. The molecule has 28 heavy (non-hydrogen) atoms. The van der Waals surface area contributed by atoms with Crippen LogP contribution in [0.1, 0.15) is 31.0 Å². The number of amides is 1. The summed E-state index contributed by atoms with van der Waals surface area (Å²) in [6.45, 7) is 3.58. The monoisotopic (exact) mass is 392 g/mol. The molecule has 0 spiro atoms. The van der Waals surface area contributed by atoms with Gasteiger partial charge in [-0.25, -0.2) is 0 Å². The van der Waals surface area contributed by atoms with Crippen LogP contribution in [0.4, 0.5) is 8.78 Å². The van der Waals surface area contributed by atoms with Crippen LogP contribution in [-0.2, 0) is 4.79 Å². The van der Waals surface area contributed by atoms with Crippen molar-refractivity contribution in [2.75, 3.05) is 13.2 Å². The molecule has 2 aromatic carbocycles. The van der Waals surface area contributed by atoms with Gasteiger partial charge in [-0.2, -0.15) is 8.78 Å². The largest absolute Gasteiger partial charge is 0.492 e. The van der Waals surface area contributed by atoms with Gasteiger partial charge in [-0.15, -0.1) is 0 Å². The fraction of sp³-hybridized carbons (Fsp3) is 0.381. The Morgan fingerprint density at radius 2 is 1.79 bits per heavy atom. The van der Waals surface area contributed by atoms with Gasteiger partial charge in [-0.1, -0.05) is 24.3 Å². The van der Waals surface area contributed by atoms with Crippen LogP contribution in [0.3, 0.4) is 0 Å². The Labute approximate surface area is 164 Å². The third-order valence-corrected chi connectivity index (χ3v) is 4.16. The minimum atomic E-state index is -2.85. The molecule has 0 aromatic heterocycles. The number of carbonyl (C=O) groups is 1. The molecule has 152 valence electrons. The zero-order valence-electron chi connectivity index (χ0n) is 16.2. The van der Waals surface area contributed by atoms with Crippen LogP contribution in [0.5, 0.6) is 11.5 Å². The number of nitrogens with one attached hydrogen (secondary N) is 2. The van der Waals surface area contributed by atoms with Gasteiger partial charge in [0.15, 0.2) is 0 Å². The van der Waals surface area contributed by atoms with Crippen molar-refractivity contribution in [2.45, 2.75) is 39.5 Å². The lowest BCUT2D eigenvalue weighted by molar-refractivity contribution is -0.123. The third kappa shape index (κ3) is 7.15. The zero-order valence-corrected chi connectivity index (χ0v) is 16.2. The van der Waals surface area contributed by atoms with Gasteiger partial charge < -0.3 is 14.8 Å². The first-order valence-electron chi connectivity index (χ1n) is 9.13. The van der Waals surface area contributed by atoms with Crippen molar-refractivity contribution < 1.29 is 23.0 Å². The number of halogens is 2. The molecule has 2 N–H and O–H groups in total. The number of hydrogen-bond acceptors (Lipinski definition) is 4. The van der Waals surface area contributed by atoms with Crippen molar-refractivity contribution >= 4 is 5.91 Å². The van der Waals surface area contributed by atoms with E-state index in [1.165, 1.54) is 12.1 Å². The summed E-state index contributed by atoms with van der Waals surface area (Å²) >= 11 is 0. The highest BCUT2D eigenvalue weighted by atomic mass is 19.3. The van der Waals surface area contributed by atoms with E-state index < -0.39 is 12.7 Å². The summed E-state index contributed by atoms with van der Waals surface area (Å²) in [5.74, 6) is 0.732. The molecule has 0 bridgehead atoms. The van der Waals surface area contributed by atoms with Crippen molar-refractivity contribution in [3.8, 4) is 11.5 Å². The number of aryl methyl sites for hydroxylation is 1. The van der Waals surface area contributed by atoms with E-state index in [0.29, 0.717) is 13.2 Å². The molecule has 0 saturated heterocycles. The number of alkyl halides is 2. The van der Waals surface area contributed by atoms with Crippen LogP contribution < -0.4 is 20.1 Å². The van der Waals surface area contributed by atoms with E-state index in [1.54, 1.807) is 19.1 Å². The SMILES string of the molecule is Cc1cccc(OCCNC(=O)C(C)NC(C)c2ccc(OC(F)F)cc2)c1. The van der Waals surface area contributed by atoms with E-state index in [0.717, 1.165) is 16.9 Å². The Morgan fingerprint density at radius 1 is 1.07 bits per heavy atom. The van der Waals surface area contributed by atoms with Gasteiger partial charge in [0.05, 0.1) is 12.6 Å². The summed E-state index contributed by atoms with van der Waals surface area (Å²) in [4.78, 5) is 12.2. The molecule has 2 aromatic rings. The van der Waals surface area contributed by atoms with Crippen LogP contribution in [0, 0.1) is 6.92 Å². The summed E-state index contributed by atoms with van der Waals surface area (Å²) < 4.78 is 34.3. The van der Waals surface area contributed by atoms with Crippen LogP contribution in [0.15, 0.2) is 48.5 Å². The van der Waals surface area contributed by atoms with Crippen molar-refractivity contribution in [3.63, 3.8) is 0 Å². The average molecular weight is 392 g/mol. The topological polar surface area (TPSA) is 59.6 Å². The molecule has 2 atom stereocenters. The van der Waals surface area contributed by atoms with Gasteiger partial charge in [0.25, 0.3) is 0 Å². The predicted molar refractivity (Wildman–Crippen MR) is 104 cm³/mol. The molecule has 0 heterocycles. The molecule has 0 aliphatic rings. The van der Waals surface area contributed by atoms with Gasteiger partial charge in [0.1, 0.15) is 18.1 Å². The quantitative estimate of drug-likeness (QED) is 0.604. The van der Waals surface area contributed by atoms with Crippen molar-refractivity contribution in [2.24, 2.45) is 0 Å². The second kappa shape index (κ2) is 10.6. The molecule has 0 aliphatic carbocycles. The maximum atomic E-state index is 12.2. The lowest BCUT2D eigenvalue weighted by Crippen LogP contribution is -2.44. The van der Waals surface area contributed by atoms with Crippen LogP contribution >= 0.6 is 0 Å². The van der Waals surface area contributed by atoms with E-state index in [2.05, 4.69) is 15.4 Å². The highest BCUT2D eigenvalue weighted by Crippen LogP contribution is 2.19. The van der Waals surface area contributed by atoms with Crippen LogP contribution in [0.2, 0.25) is 0 Å². The molecule has 0 aliphatic heterocycles. The first-order chi connectivity index (χ1) is 13.3. The molecule has 1 amide bonds. The van der Waals surface area contributed by atoms with E-state index in [1.807, 2.05) is 38.1 Å². The smallest absolute Gasteiger partial charge is 0.387 e. The number of rotatable bonds is 10. The summed E-state index contributed by atoms with van der Waals surface area (Å²) in [5, 5.41) is 6.01. The van der Waals surface area contributed by atoms with Gasteiger partial charge in [-0.3, -0.25) is 10.1 Å². The van der Waals surface area contributed by atoms with Crippen molar-refractivity contribution in [1.82, 2.24) is 10.6 Å². The van der Waals surface area contributed by atoms with Gasteiger partial charge in [0.2, 0.25) is 5.91 Å². The summed E-state index contributed by atoms with van der Waals surface area (Å²) in [6, 6.07) is 13.5. The average Bonchev–Trinajstić information content (AvgIpc) is 2.65.